The SMILES string of the molecule is CCOC(=O)NC1CCCN(c2ncnc3c2cnn3C)C1. The molecule has 0 radical (unpaired) electrons. The summed E-state index contributed by atoms with van der Waals surface area (Å²) in [5.41, 5.74) is 0.811. The molecule has 1 fully saturated rings. The Balaban J connectivity index is 1.77. The molecule has 2 aromatic heterocycles. The van der Waals surface area contributed by atoms with Crippen molar-refractivity contribution in [2.45, 2.75) is 25.8 Å². The fraction of sp³-hybridized carbons (Fsp3) is 0.571. The average molecular weight is 304 g/mol. The molecule has 1 N–H and O–H groups in total. The summed E-state index contributed by atoms with van der Waals surface area (Å²) in [5.74, 6) is 0.869. The molecule has 3 rings (SSSR count). The normalized spacial score (nSPS) is 18.5. The predicted molar refractivity (Wildman–Crippen MR) is 81.7 cm³/mol. The molecule has 1 saturated heterocycles. The van der Waals surface area contributed by atoms with Crippen LogP contribution in [0.5, 0.6) is 0 Å². The number of hydrogen-bond donors (Lipinski definition) is 1. The minimum atomic E-state index is -0.358. The van der Waals surface area contributed by atoms with Crippen LogP contribution < -0.4 is 10.2 Å². The maximum atomic E-state index is 11.6. The molecule has 1 atom stereocenters. The Morgan fingerprint density at radius 3 is 3.18 bits per heavy atom. The molecule has 0 saturated carbocycles. The van der Waals surface area contributed by atoms with Gasteiger partial charge in [-0.1, -0.05) is 0 Å². The maximum Gasteiger partial charge on any atom is 0.407 e. The molecule has 0 aromatic carbocycles. The van der Waals surface area contributed by atoms with Gasteiger partial charge in [0.2, 0.25) is 0 Å². The van der Waals surface area contributed by atoms with Crippen LogP contribution >= 0.6 is 0 Å². The second kappa shape index (κ2) is 6.17. The number of nitrogens with one attached hydrogen (secondary N) is 1. The number of carbonyl (C=O) groups excluding carboxylic acids is 1. The summed E-state index contributed by atoms with van der Waals surface area (Å²) in [5, 5.41) is 8.08. The Bertz CT molecular complexity index is 670. The van der Waals surface area contributed by atoms with E-state index in [1.807, 2.05) is 7.05 Å². The van der Waals surface area contributed by atoms with Crippen molar-refractivity contribution in [3.8, 4) is 0 Å². The summed E-state index contributed by atoms with van der Waals surface area (Å²) in [4.78, 5) is 22.4. The number of nitrogens with zero attached hydrogens (tertiary/aromatic N) is 5. The number of ether oxygens (including phenoxy) is 1. The molecule has 1 aliphatic rings. The van der Waals surface area contributed by atoms with Gasteiger partial charge in [0.25, 0.3) is 0 Å². The van der Waals surface area contributed by atoms with Crippen molar-refractivity contribution in [1.29, 1.82) is 0 Å². The molecule has 1 aliphatic heterocycles. The number of carbonyl (C=O) groups is 1. The molecule has 0 bridgehead atoms. The molecule has 1 unspecified atom stereocenters. The maximum absolute atomic E-state index is 11.6. The Labute approximate surface area is 128 Å². The van der Waals surface area contributed by atoms with Crippen molar-refractivity contribution >= 4 is 22.9 Å². The number of alkyl carbamates (subject to hydrolysis) is 1. The second-order valence-corrected chi connectivity index (χ2v) is 5.35. The second-order valence-electron chi connectivity index (χ2n) is 5.35. The number of rotatable bonds is 3. The molecule has 2 aromatic rings. The fourth-order valence-electron chi connectivity index (χ4n) is 2.83. The molecule has 22 heavy (non-hydrogen) atoms. The standard InChI is InChI=1S/C14H20N6O2/c1-3-22-14(21)18-10-5-4-6-20(8-10)13-11-7-17-19(2)12(11)15-9-16-13/h7,9-10H,3-6,8H2,1-2H3,(H,18,21). The zero-order valence-corrected chi connectivity index (χ0v) is 12.8. The van der Waals surface area contributed by atoms with E-state index < -0.39 is 0 Å². The van der Waals surface area contributed by atoms with Crippen molar-refractivity contribution in [3.05, 3.63) is 12.5 Å². The Kier molecular flexibility index (Phi) is 4.08. The molecule has 0 aliphatic carbocycles. The molecule has 8 heteroatoms. The fourth-order valence-corrected chi connectivity index (χ4v) is 2.83. The zero-order valence-electron chi connectivity index (χ0n) is 12.8. The van der Waals surface area contributed by atoms with Gasteiger partial charge in [-0.3, -0.25) is 4.68 Å². The van der Waals surface area contributed by atoms with Gasteiger partial charge >= 0.3 is 6.09 Å². The van der Waals surface area contributed by atoms with Crippen LogP contribution in [-0.2, 0) is 11.8 Å². The van der Waals surface area contributed by atoms with Gasteiger partial charge in [-0.05, 0) is 19.8 Å². The number of anilines is 1. The summed E-state index contributed by atoms with van der Waals surface area (Å²) < 4.78 is 6.69. The van der Waals surface area contributed by atoms with Crippen LogP contribution in [0.3, 0.4) is 0 Å². The van der Waals surface area contributed by atoms with E-state index in [2.05, 4.69) is 25.3 Å². The number of hydrogen-bond acceptors (Lipinski definition) is 6. The Morgan fingerprint density at radius 1 is 1.50 bits per heavy atom. The lowest BCUT2D eigenvalue weighted by molar-refractivity contribution is 0.146. The van der Waals surface area contributed by atoms with E-state index in [9.17, 15) is 4.79 Å². The quantitative estimate of drug-likeness (QED) is 0.913. The van der Waals surface area contributed by atoms with E-state index in [1.54, 1.807) is 24.1 Å². The van der Waals surface area contributed by atoms with E-state index in [1.165, 1.54) is 0 Å². The summed E-state index contributed by atoms with van der Waals surface area (Å²) >= 11 is 0. The number of amides is 1. The number of aromatic nitrogens is 4. The van der Waals surface area contributed by atoms with Crippen LogP contribution in [0.1, 0.15) is 19.8 Å². The molecular formula is C14H20N6O2. The van der Waals surface area contributed by atoms with E-state index in [4.69, 9.17) is 4.74 Å². The lowest BCUT2D eigenvalue weighted by atomic mass is 10.1. The third-order valence-electron chi connectivity index (χ3n) is 3.83. The number of aryl methyl sites for hydroxylation is 1. The first kappa shape index (κ1) is 14.6. The van der Waals surface area contributed by atoms with Crippen LogP contribution in [0.2, 0.25) is 0 Å². The highest BCUT2D eigenvalue weighted by atomic mass is 16.5. The largest absolute Gasteiger partial charge is 0.450 e. The topological polar surface area (TPSA) is 85.2 Å². The highest BCUT2D eigenvalue weighted by molar-refractivity contribution is 5.86. The Hall–Kier alpha value is -2.38. The van der Waals surface area contributed by atoms with Gasteiger partial charge < -0.3 is 15.0 Å². The van der Waals surface area contributed by atoms with Crippen LogP contribution in [0.25, 0.3) is 11.0 Å². The highest BCUT2D eigenvalue weighted by Crippen LogP contribution is 2.25. The third kappa shape index (κ3) is 2.81. The summed E-state index contributed by atoms with van der Waals surface area (Å²) in [6, 6.07) is 0.0643. The first-order valence-corrected chi connectivity index (χ1v) is 7.50. The van der Waals surface area contributed by atoms with Crippen LogP contribution in [0.15, 0.2) is 12.5 Å². The lowest BCUT2D eigenvalue weighted by Crippen LogP contribution is -2.48. The average Bonchev–Trinajstić information content (AvgIpc) is 2.89. The summed E-state index contributed by atoms with van der Waals surface area (Å²) in [6.45, 7) is 3.79. The monoisotopic (exact) mass is 304 g/mol. The van der Waals surface area contributed by atoms with Crippen molar-refractivity contribution in [2.75, 3.05) is 24.6 Å². The van der Waals surface area contributed by atoms with E-state index in [-0.39, 0.29) is 12.1 Å². The predicted octanol–water partition coefficient (Wildman–Crippen LogP) is 1.08. The first-order chi connectivity index (χ1) is 10.7. The third-order valence-corrected chi connectivity index (χ3v) is 3.83. The molecule has 8 nitrogen and oxygen atoms in total. The lowest BCUT2D eigenvalue weighted by Gasteiger charge is -2.33. The van der Waals surface area contributed by atoms with Gasteiger partial charge in [0.15, 0.2) is 5.65 Å². The Morgan fingerprint density at radius 2 is 2.36 bits per heavy atom. The highest BCUT2D eigenvalue weighted by Gasteiger charge is 2.24. The van der Waals surface area contributed by atoms with Gasteiger partial charge in [0.05, 0.1) is 18.2 Å². The molecular weight excluding hydrogens is 284 g/mol. The minimum Gasteiger partial charge on any atom is -0.450 e. The smallest absolute Gasteiger partial charge is 0.407 e. The van der Waals surface area contributed by atoms with Crippen LogP contribution in [0, 0.1) is 0 Å². The van der Waals surface area contributed by atoms with E-state index >= 15 is 0 Å². The van der Waals surface area contributed by atoms with Crippen LogP contribution in [0.4, 0.5) is 10.6 Å². The molecule has 118 valence electrons. The van der Waals surface area contributed by atoms with E-state index in [0.717, 1.165) is 36.2 Å². The van der Waals surface area contributed by atoms with Gasteiger partial charge in [0, 0.05) is 26.2 Å². The minimum absolute atomic E-state index is 0.0643. The molecule has 0 spiro atoms. The van der Waals surface area contributed by atoms with Crippen molar-refractivity contribution in [1.82, 2.24) is 25.1 Å². The first-order valence-electron chi connectivity index (χ1n) is 7.50. The number of piperidine rings is 1. The van der Waals surface area contributed by atoms with E-state index in [0.29, 0.717) is 13.2 Å². The van der Waals surface area contributed by atoms with Crippen molar-refractivity contribution in [3.63, 3.8) is 0 Å². The number of fused-ring (bicyclic) bond motifs is 1. The van der Waals surface area contributed by atoms with Gasteiger partial charge in [-0.2, -0.15) is 5.10 Å². The van der Waals surface area contributed by atoms with Crippen molar-refractivity contribution < 1.29 is 9.53 Å². The molecule has 3 heterocycles. The van der Waals surface area contributed by atoms with Gasteiger partial charge in [-0.15, -0.1) is 0 Å². The molecule has 1 amide bonds. The zero-order chi connectivity index (χ0) is 15.5. The van der Waals surface area contributed by atoms with Crippen molar-refractivity contribution in [2.24, 2.45) is 7.05 Å². The van der Waals surface area contributed by atoms with Gasteiger partial charge in [-0.25, -0.2) is 14.8 Å². The van der Waals surface area contributed by atoms with Crippen LogP contribution in [-0.4, -0.2) is 51.6 Å². The van der Waals surface area contributed by atoms with Gasteiger partial charge in [0.1, 0.15) is 12.1 Å². The summed E-state index contributed by atoms with van der Waals surface area (Å²) in [6.07, 6.45) is 4.91. The summed E-state index contributed by atoms with van der Waals surface area (Å²) in [7, 11) is 1.86.